The summed E-state index contributed by atoms with van der Waals surface area (Å²) >= 11 is 0. The van der Waals surface area contributed by atoms with E-state index in [0.717, 1.165) is 38.0 Å². The van der Waals surface area contributed by atoms with Gasteiger partial charge in [-0.1, -0.05) is 18.2 Å². The molecule has 1 aromatic carbocycles. The fourth-order valence-electron chi connectivity index (χ4n) is 2.41. The number of para-hydroxylation sites is 1. The topological polar surface area (TPSA) is 41.6 Å². The van der Waals surface area contributed by atoms with Gasteiger partial charge in [0.05, 0.1) is 6.61 Å². The highest BCUT2D eigenvalue weighted by atomic mass is 16.6. The molecule has 1 aliphatic heterocycles. The molecular formula is C15H22N2O2. The number of carbonyl (C=O) groups excluding carboxylic acids is 1. The molecule has 1 atom stereocenters. The SMILES string of the molecule is CCOC(=O)N1CCCC(Nc2ccccc2)CC1. The number of benzene rings is 1. The van der Waals surface area contributed by atoms with E-state index < -0.39 is 0 Å². The third kappa shape index (κ3) is 4.16. The molecule has 0 bridgehead atoms. The molecule has 4 nitrogen and oxygen atoms in total. The molecule has 0 spiro atoms. The molecule has 0 radical (unpaired) electrons. The van der Waals surface area contributed by atoms with Crippen LogP contribution in [0.15, 0.2) is 30.3 Å². The van der Waals surface area contributed by atoms with Crippen molar-refractivity contribution in [2.24, 2.45) is 0 Å². The van der Waals surface area contributed by atoms with Crippen LogP contribution < -0.4 is 5.32 Å². The molecule has 1 unspecified atom stereocenters. The summed E-state index contributed by atoms with van der Waals surface area (Å²) in [5, 5.41) is 3.53. The van der Waals surface area contributed by atoms with Crippen LogP contribution in [0.4, 0.5) is 10.5 Å². The van der Waals surface area contributed by atoms with Gasteiger partial charge >= 0.3 is 6.09 Å². The summed E-state index contributed by atoms with van der Waals surface area (Å²) in [6.45, 7) is 3.85. The second-order valence-electron chi connectivity index (χ2n) is 4.82. The average Bonchev–Trinajstić information content (AvgIpc) is 2.66. The maximum absolute atomic E-state index is 11.7. The summed E-state index contributed by atoms with van der Waals surface area (Å²) in [4.78, 5) is 13.5. The Kier molecular flexibility index (Phi) is 5.07. The zero-order valence-corrected chi connectivity index (χ0v) is 11.5. The molecule has 104 valence electrons. The van der Waals surface area contributed by atoms with Crippen molar-refractivity contribution in [2.75, 3.05) is 25.0 Å². The van der Waals surface area contributed by atoms with Crippen molar-refractivity contribution in [2.45, 2.75) is 32.2 Å². The van der Waals surface area contributed by atoms with E-state index in [9.17, 15) is 4.79 Å². The second-order valence-corrected chi connectivity index (χ2v) is 4.82. The molecule has 1 heterocycles. The Bertz CT molecular complexity index is 394. The van der Waals surface area contributed by atoms with Gasteiger partial charge < -0.3 is 15.0 Å². The van der Waals surface area contributed by atoms with E-state index in [1.807, 2.05) is 30.0 Å². The van der Waals surface area contributed by atoms with Gasteiger partial charge in [0.1, 0.15) is 0 Å². The summed E-state index contributed by atoms with van der Waals surface area (Å²) in [5.41, 5.74) is 1.15. The van der Waals surface area contributed by atoms with Gasteiger partial charge in [0.25, 0.3) is 0 Å². The molecule has 1 fully saturated rings. The molecular weight excluding hydrogens is 240 g/mol. The second kappa shape index (κ2) is 7.02. The van der Waals surface area contributed by atoms with Crippen molar-refractivity contribution < 1.29 is 9.53 Å². The molecule has 1 amide bonds. The monoisotopic (exact) mass is 262 g/mol. The van der Waals surface area contributed by atoms with Crippen LogP contribution in [0.25, 0.3) is 0 Å². The summed E-state index contributed by atoms with van der Waals surface area (Å²) in [6.07, 6.45) is 2.89. The third-order valence-electron chi connectivity index (χ3n) is 3.40. The first-order valence-corrected chi connectivity index (χ1v) is 7.03. The van der Waals surface area contributed by atoms with Crippen molar-refractivity contribution in [3.05, 3.63) is 30.3 Å². The lowest BCUT2D eigenvalue weighted by Crippen LogP contribution is -2.33. The number of nitrogens with zero attached hydrogens (tertiary/aromatic N) is 1. The minimum atomic E-state index is -0.178. The molecule has 1 aliphatic rings. The Hall–Kier alpha value is -1.71. The van der Waals surface area contributed by atoms with Gasteiger partial charge in [0, 0.05) is 24.8 Å². The van der Waals surface area contributed by atoms with E-state index >= 15 is 0 Å². The van der Waals surface area contributed by atoms with Crippen molar-refractivity contribution in [3.63, 3.8) is 0 Å². The van der Waals surface area contributed by atoms with Crippen LogP contribution in [-0.2, 0) is 4.74 Å². The Morgan fingerprint density at radius 3 is 2.84 bits per heavy atom. The van der Waals surface area contributed by atoms with Crippen molar-refractivity contribution >= 4 is 11.8 Å². The number of amides is 1. The number of hydrogen-bond donors (Lipinski definition) is 1. The fourth-order valence-corrected chi connectivity index (χ4v) is 2.41. The van der Waals surface area contributed by atoms with E-state index in [-0.39, 0.29) is 6.09 Å². The minimum absolute atomic E-state index is 0.178. The van der Waals surface area contributed by atoms with Crippen molar-refractivity contribution in [1.82, 2.24) is 4.90 Å². The molecule has 1 N–H and O–H groups in total. The fraction of sp³-hybridized carbons (Fsp3) is 0.533. The first-order valence-electron chi connectivity index (χ1n) is 7.03. The first kappa shape index (κ1) is 13.7. The largest absolute Gasteiger partial charge is 0.450 e. The highest BCUT2D eigenvalue weighted by Crippen LogP contribution is 2.17. The van der Waals surface area contributed by atoms with Crippen molar-refractivity contribution in [3.8, 4) is 0 Å². The van der Waals surface area contributed by atoms with Gasteiger partial charge in [0.15, 0.2) is 0 Å². The van der Waals surface area contributed by atoms with Crippen LogP contribution in [-0.4, -0.2) is 36.7 Å². The minimum Gasteiger partial charge on any atom is -0.450 e. The van der Waals surface area contributed by atoms with Crippen LogP contribution in [0.5, 0.6) is 0 Å². The van der Waals surface area contributed by atoms with Crippen LogP contribution >= 0.6 is 0 Å². The Balaban J connectivity index is 1.85. The maximum atomic E-state index is 11.7. The van der Waals surface area contributed by atoms with Crippen LogP contribution in [0.3, 0.4) is 0 Å². The summed E-state index contributed by atoms with van der Waals surface area (Å²) in [6, 6.07) is 10.7. The number of likely N-dealkylation sites (tertiary alicyclic amines) is 1. The number of hydrogen-bond acceptors (Lipinski definition) is 3. The summed E-state index contributed by atoms with van der Waals surface area (Å²) in [7, 11) is 0. The first-order chi connectivity index (χ1) is 9.29. The van der Waals surface area contributed by atoms with Gasteiger partial charge in [-0.3, -0.25) is 0 Å². The van der Waals surface area contributed by atoms with Gasteiger partial charge in [-0.15, -0.1) is 0 Å². The predicted molar refractivity (Wildman–Crippen MR) is 76.3 cm³/mol. The van der Waals surface area contributed by atoms with Crippen LogP contribution in [0, 0.1) is 0 Å². The number of nitrogens with one attached hydrogen (secondary N) is 1. The van der Waals surface area contributed by atoms with Gasteiger partial charge in [0.2, 0.25) is 0 Å². The van der Waals surface area contributed by atoms with Gasteiger partial charge in [-0.05, 0) is 38.3 Å². The lowest BCUT2D eigenvalue weighted by atomic mass is 10.1. The third-order valence-corrected chi connectivity index (χ3v) is 3.40. The molecule has 1 saturated heterocycles. The van der Waals surface area contributed by atoms with Crippen LogP contribution in [0.1, 0.15) is 26.2 Å². The quantitative estimate of drug-likeness (QED) is 0.910. The maximum Gasteiger partial charge on any atom is 0.409 e. The zero-order valence-electron chi connectivity index (χ0n) is 11.5. The zero-order chi connectivity index (χ0) is 13.5. The molecule has 0 aliphatic carbocycles. The van der Waals surface area contributed by atoms with E-state index in [2.05, 4.69) is 17.4 Å². The number of ether oxygens (including phenoxy) is 1. The number of carbonyl (C=O) groups is 1. The van der Waals surface area contributed by atoms with Crippen LogP contribution in [0.2, 0.25) is 0 Å². The molecule has 4 heteroatoms. The summed E-state index contributed by atoms with van der Waals surface area (Å²) in [5.74, 6) is 0. The normalized spacial score (nSPS) is 19.6. The molecule has 2 rings (SSSR count). The van der Waals surface area contributed by atoms with E-state index in [1.54, 1.807) is 0 Å². The van der Waals surface area contributed by atoms with E-state index in [0.29, 0.717) is 12.6 Å². The van der Waals surface area contributed by atoms with Gasteiger partial charge in [-0.2, -0.15) is 0 Å². The highest BCUT2D eigenvalue weighted by molar-refractivity contribution is 5.67. The van der Waals surface area contributed by atoms with Crippen molar-refractivity contribution in [1.29, 1.82) is 0 Å². The van der Waals surface area contributed by atoms with Gasteiger partial charge in [-0.25, -0.2) is 4.79 Å². The number of rotatable bonds is 3. The Labute approximate surface area is 114 Å². The Morgan fingerprint density at radius 1 is 1.32 bits per heavy atom. The van der Waals surface area contributed by atoms with E-state index in [4.69, 9.17) is 4.74 Å². The lowest BCUT2D eigenvalue weighted by molar-refractivity contribution is 0.108. The molecule has 1 aromatic rings. The lowest BCUT2D eigenvalue weighted by Gasteiger charge is -2.20. The van der Waals surface area contributed by atoms with E-state index in [1.165, 1.54) is 0 Å². The standard InChI is InChI=1S/C15H22N2O2/c1-2-19-15(18)17-11-6-9-14(10-12-17)16-13-7-4-3-5-8-13/h3-5,7-8,14,16H,2,6,9-12H2,1H3. The highest BCUT2D eigenvalue weighted by Gasteiger charge is 2.21. The summed E-state index contributed by atoms with van der Waals surface area (Å²) < 4.78 is 5.06. The molecule has 19 heavy (non-hydrogen) atoms. The average molecular weight is 262 g/mol. The molecule has 0 aromatic heterocycles. The smallest absolute Gasteiger partial charge is 0.409 e. The Morgan fingerprint density at radius 2 is 2.11 bits per heavy atom. The number of anilines is 1. The molecule has 0 saturated carbocycles. The predicted octanol–water partition coefficient (Wildman–Crippen LogP) is 3.11.